The van der Waals surface area contributed by atoms with Crippen molar-refractivity contribution in [3.63, 3.8) is 0 Å². The Labute approximate surface area is 129 Å². The summed E-state index contributed by atoms with van der Waals surface area (Å²) in [4.78, 5) is 16.2. The zero-order chi connectivity index (χ0) is 16.6. The molecule has 0 spiro atoms. The number of halogens is 3. The lowest BCUT2D eigenvalue weighted by Gasteiger charge is -2.12. The molecule has 0 bridgehead atoms. The highest BCUT2D eigenvalue weighted by Crippen LogP contribution is 2.33. The Kier molecular flexibility index (Phi) is 3.67. The van der Waals surface area contributed by atoms with Crippen LogP contribution in [-0.2, 0) is 12.7 Å². The zero-order valence-electron chi connectivity index (χ0n) is 12.2. The normalized spacial score (nSPS) is 12.0. The minimum atomic E-state index is -4.73. The first-order valence-electron chi connectivity index (χ1n) is 7.03. The van der Waals surface area contributed by atoms with E-state index >= 15 is 0 Å². The van der Waals surface area contributed by atoms with Crippen molar-refractivity contribution in [2.45, 2.75) is 26.1 Å². The summed E-state index contributed by atoms with van der Waals surface area (Å²) in [5.41, 5.74) is -2.37. The number of hydrogen-bond donors (Lipinski definition) is 0. The van der Waals surface area contributed by atoms with Crippen molar-refractivity contribution < 1.29 is 13.2 Å². The summed E-state index contributed by atoms with van der Waals surface area (Å²) in [6, 6.07) is 4.45. The molecular formula is C15H13F3N4O. The van der Waals surface area contributed by atoms with Gasteiger partial charge in [-0.25, -0.2) is 4.98 Å². The summed E-state index contributed by atoms with van der Waals surface area (Å²) in [7, 11) is 0. The van der Waals surface area contributed by atoms with Crippen LogP contribution < -0.4 is 5.56 Å². The Bertz CT molecular complexity index is 911. The average Bonchev–Trinajstić information content (AvgIpc) is 2.95. The van der Waals surface area contributed by atoms with Gasteiger partial charge in [-0.15, -0.1) is 0 Å². The maximum Gasteiger partial charge on any atom is 0.434 e. The quantitative estimate of drug-likeness (QED) is 0.745. The molecule has 8 heteroatoms. The summed E-state index contributed by atoms with van der Waals surface area (Å²) in [5, 5.41) is 4.00. The second-order valence-corrected chi connectivity index (χ2v) is 5.06. The van der Waals surface area contributed by atoms with Crippen LogP contribution in [0.25, 0.3) is 16.8 Å². The fraction of sp³-hybridized carbons (Fsp3) is 0.267. The molecule has 0 saturated carbocycles. The van der Waals surface area contributed by atoms with E-state index in [0.29, 0.717) is 6.54 Å². The Morgan fingerprint density at radius 2 is 2.04 bits per heavy atom. The van der Waals surface area contributed by atoms with Crippen LogP contribution in [0.4, 0.5) is 13.2 Å². The first-order chi connectivity index (χ1) is 10.9. The molecule has 0 amide bonds. The van der Waals surface area contributed by atoms with E-state index < -0.39 is 23.0 Å². The van der Waals surface area contributed by atoms with Crippen LogP contribution in [-0.4, -0.2) is 19.2 Å². The highest BCUT2D eigenvalue weighted by molar-refractivity contribution is 5.66. The number of aryl methyl sites for hydroxylation is 1. The minimum Gasteiger partial charge on any atom is -0.272 e. The summed E-state index contributed by atoms with van der Waals surface area (Å²) in [5.74, 6) is 0. The summed E-state index contributed by atoms with van der Waals surface area (Å²) < 4.78 is 42.7. The van der Waals surface area contributed by atoms with E-state index in [2.05, 4.69) is 10.1 Å². The maximum absolute atomic E-state index is 13.4. The van der Waals surface area contributed by atoms with Gasteiger partial charge in [0.05, 0.1) is 11.8 Å². The third-order valence-corrected chi connectivity index (χ3v) is 3.38. The van der Waals surface area contributed by atoms with Gasteiger partial charge >= 0.3 is 6.18 Å². The van der Waals surface area contributed by atoms with Gasteiger partial charge in [-0.3, -0.25) is 13.9 Å². The van der Waals surface area contributed by atoms with Crippen LogP contribution in [0, 0.1) is 0 Å². The second-order valence-electron chi connectivity index (χ2n) is 5.06. The van der Waals surface area contributed by atoms with Crippen molar-refractivity contribution in [2.24, 2.45) is 0 Å². The molecule has 0 aliphatic carbocycles. The smallest absolute Gasteiger partial charge is 0.272 e. The van der Waals surface area contributed by atoms with E-state index in [1.54, 1.807) is 6.07 Å². The van der Waals surface area contributed by atoms with Crippen LogP contribution >= 0.6 is 0 Å². The van der Waals surface area contributed by atoms with Crippen LogP contribution in [0.2, 0.25) is 0 Å². The predicted octanol–water partition coefficient (Wildman–Crippen LogP) is 2.99. The number of fused-ring (bicyclic) bond motifs is 1. The topological polar surface area (TPSA) is 52.2 Å². The summed E-state index contributed by atoms with van der Waals surface area (Å²) in [6.07, 6.45) is 0.143. The van der Waals surface area contributed by atoms with Gasteiger partial charge < -0.3 is 0 Å². The summed E-state index contributed by atoms with van der Waals surface area (Å²) >= 11 is 0. The van der Waals surface area contributed by atoms with Gasteiger partial charge in [0.25, 0.3) is 5.56 Å². The van der Waals surface area contributed by atoms with Crippen molar-refractivity contribution in [1.29, 1.82) is 0 Å². The number of rotatable bonds is 3. The maximum atomic E-state index is 13.4. The van der Waals surface area contributed by atoms with E-state index in [1.165, 1.54) is 35.4 Å². The molecule has 23 heavy (non-hydrogen) atoms. The molecule has 3 aromatic rings. The molecule has 0 aliphatic rings. The van der Waals surface area contributed by atoms with E-state index in [4.69, 9.17) is 0 Å². The van der Waals surface area contributed by atoms with Crippen LogP contribution in [0.15, 0.2) is 41.6 Å². The van der Waals surface area contributed by atoms with E-state index in [0.717, 1.165) is 10.8 Å². The fourth-order valence-corrected chi connectivity index (χ4v) is 2.40. The Morgan fingerprint density at radius 3 is 2.74 bits per heavy atom. The lowest BCUT2D eigenvalue weighted by Crippen LogP contribution is -2.23. The molecule has 0 saturated heterocycles. The lowest BCUT2D eigenvalue weighted by molar-refractivity contribution is -0.140. The van der Waals surface area contributed by atoms with Crippen molar-refractivity contribution in [3.05, 3.63) is 52.8 Å². The fourth-order valence-electron chi connectivity index (χ4n) is 2.40. The molecule has 0 unspecified atom stereocenters. The number of alkyl halides is 3. The third kappa shape index (κ3) is 2.71. The first kappa shape index (κ1) is 15.3. The van der Waals surface area contributed by atoms with Gasteiger partial charge in [-0.05, 0) is 18.6 Å². The number of aromatic nitrogens is 4. The lowest BCUT2D eigenvalue weighted by atomic mass is 10.1. The highest BCUT2D eigenvalue weighted by atomic mass is 19.4. The average molecular weight is 322 g/mol. The first-order valence-corrected chi connectivity index (χ1v) is 7.03. The van der Waals surface area contributed by atoms with Crippen LogP contribution in [0.3, 0.4) is 0 Å². The van der Waals surface area contributed by atoms with Gasteiger partial charge in [0.15, 0.2) is 5.69 Å². The molecule has 0 atom stereocenters. The van der Waals surface area contributed by atoms with Crippen molar-refractivity contribution in [2.75, 3.05) is 0 Å². The SMILES string of the molecule is CCCn1cc(-c2c(C(F)(F)F)nc3ccccn3c2=O)cn1. The zero-order valence-corrected chi connectivity index (χ0v) is 12.2. The standard InChI is InChI=1S/C15H13F3N4O/c1-2-6-21-9-10(8-19-21)12-13(15(16,17)18)20-11-5-3-4-7-22(11)14(12)23/h3-5,7-9H,2,6H2,1H3. The van der Waals surface area contributed by atoms with E-state index in [1.807, 2.05) is 6.92 Å². The van der Waals surface area contributed by atoms with Gasteiger partial charge in [0.1, 0.15) is 5.65 Å². The molecule has 3 heterocycles. The van der Waals surface area contributed by atoms with E-state index in [-0.39, 0.29) is 11.2 Å². The Balaban J connectivity index is 2.32. The summed E-state index contributed by atoms with van der Waals surface area (Å²) in [6.45, 7) is 2.48. The molecule has 5 nitrogen and oxygen atoms in total. The number of pyridine rings is 1. The van der Waals surface area contributed by atoms with Gasteiger partial charge in [-0.1, -0.05) is 13.0 Å². The monoisotopic (exact) mass is 322 g/mol. The van der Waals surface area contributed by atoms with Gasteiger partial charge in [-0.2, -0.15) is 18.3 Å². The molecule has 3 aromatic heterocycles. The highest BCUT2D eigenvalue weighted by Gasteiger charge is 2.38. The molecule has 0 fully saturated rings. The van der Waals surface area contributed by atoms with Crippen molar-refractivity contribution in [3.8, 4) is 11.1 Å². The van der Waals surface area contributed by atoms with Gasteiger partial charge in [0, 0.05) is 24.5 Å². The molecule has 120 valence electrons. The largest absolute Gasteiger partial charge is 0.434 e. The van der Waals surface area contributed by atoms with Gasteiger partial charge in [0.2, 0.25) is 0 Å². The van der Waals surface area contributed by atoms with Crippen molar-refractivity contribution in [1.82, 2.24) is 19.2 Å². The molecule has 0 radical (unpaired) electrons. The second kappa shape index (κ2) is 5.53. The minimum absolute atomic E-state index is 0.0467. The molecule has 3 rings (SSSR count). The Morgan fingerprint density at radius 1 is 1.26 bits per heavy atom. The Hall–Kier alpha value is -2.64. The molecule has 0 N–H and O–H groups in total. The van der Waals surface area contributed by atoms with Crippen molar-refractivity contribution >= 4 is 5.65 Å². The van der Waals surface area contributed by atoms with Crippen LogP contribution in [0.5, 0.6) is 0 Å². The molecule has 0 aromatic carbocycles. The van der Waals surface area contributed by atoms with Crippen LogP contribution in [0.1, 0.15) is 19.0 Å². The molecular weight excluding hydrogens is 309 g/mol. The predicted molar refractivity (Wildman–Crippen MR) is 78.0 cm³/mol. The number of hydrogen-bond acceptors (Lipinski definition) is 3. The number of nitrogens with zero attached hydrogens (tertiary/aromatic N) is 4. The molecule has 0 aliphatic heterocycles. The van der Waals surface area contributed by atoms with E-state index in [9.17, 15) is 18.0 Å². The third-order valence-electron chi connectivity index (χ3n) is 3.38.